The van der Waals surface area contributed by atoms with Crippen molar-refractivity contribution < 1.29 is 23.5 Å². The Morgan fingerprint density at radius 1 is 1.17 bits per heavy atom. The molecule has 3 amide bonds. The van der Waals surface area contributed by atoms with Crippen LogP contribution in [-0.2, 0) is 4.79 Å². The van der Waals surface area contributed by atoms with E-state index in [1.54, 1.807) is 26.0 Å². The van der Waals surface area contributed by atoms with Gasteiger partial charge in [-0.1, -0.05) is 11.3 Å². The van der Waals surface area contributed by atoms with E-state index in [0.717, 1.165) is 6.20 Å². The van der Waals surface area contributed by atoms with Crippen LogP contribution in [0.4, 0.5) is 30.3 Å². The van der Waals surface area contributed by atoms with E-state index in [9.17, 15) is 23.5 Å². The number of hydrogen-bond donors (Lipinski definition) is 3. The van der Waals surface area contributed by atoms with Crippen LogP contribution in [0.5, 0.6) is 0 Å². The van der Waals surface area contributed by atoms with Crippen LogP contribution < -0.4 is 15.5 Å². The number of urea groups is 1. The molecular formula is C23H25F2N7O3S. The molecule has 36 heavy (non-hydrogen) atoms. The third-order valence-corrected chi connectivity index (χ3v) is 6.72. The van der Waals surface area contributed by atoms with Gasteiger partial charge in [-0.3, -0.25) is 10.1 Å². The molecule has 0 radical (unpaired) electrons. The highest BCUT2D eigenvalue weighted by Gasteiger charge is 2.45. The van der Waals surface area contributed by atoms with Crippen molar-refractivity contribution in [3.05, 3.63) is 48.3 Å². The molecule has 1 saturated heterocycles. The second-order valence-corrected chi connectivity index (χ2v) is 9.51. The number of anilines is 3. The van der Waals surface area contributed by atoms with Crippen LogP contribution in [0.25, 0.3) is 10.6 Å². The Labute approximate surface area is 210 Å². The number of imide groups is 1. The number of amides is 3. The van der Waals surface area contributed by atoms with Gasteiger partial charge in [-0.05, 0) is 44.5 Å². The molecular weight excluding hydrogens is 492 g/mol. The van der Waals surface area contributed by atoms with Crippen molar-refractivity contribution in [1.29, 1.82) is 0 Å². The van der Waals surface area contributed by atoms with Gasteiger partial charge in [0.15, 0.2) is 10.9 Å². The first-order valence-electron chi connectivity index (χ1n) is 11.2. The molecule has 1 aliphatic rings. The van der Waals surface area contributed by atoms with Crippen molar-refractivity contribution in [3.63, 3.8) is 0 Å². The van der Waals surface area contributed by atoms with Gasteiger partial charge in [0, 0.05) is 38.1 Å². The van der Waals surface area contributed by atoms with Gasteiger partial charge in [0.2, 0.25) is 5.95 Å². The van der Waals surface area contributed by atoms with Gasteiger partial charge in [0.05, 0.1) is 11.1 Å². The van der Waals surface area contributed by atoms with Gasteiger partial charge in [-0.15, -0.1) is 0 Å². The van der Waals surface area contributed by atoms with Crippen LogP contribution in [0.3, 0.4) is 0 Å². The first-order chi connectivity index (χ1) is 17.2. The number of thiazole rings is 1. The third-order valence-electron chi connectivity index (χ3n) is 5.69. The van der Waals surface area contributed by atoms with E-state index < -0.39 is 17.4 Å². The van der Waals surface area contributed by atoms with Crippen molar-refractivity contribution in [1.82, 2.24) is 25.2 Å². The molecule has 0 spiro atoms. The Balaban J connectivity index is 1.50. The highest BCUT2D eigenvalue weighted by molar-refractivity contribution is 7.18. The third kappa shape index (κ3) is 5.26. The number of aliphatic hydroxyl groups is 1. The van der Waals surface area contributed by atoms with Crippen molar-refractivity contribution >= 4 is 40.0 Å². The number of benzene rings is 1. The molecule has 3 aromatic rings. The zero-order valence-corrected chi connectivity index (χ0v) is 20.5. The number of aliphatic hydroxyl groups excluding tert-OH is 1. The summed E-state index contributed by atoms with van der Waals surface area (Å²) in [5.41, 5.74) is -0.241. The zero-order chi connectivity index (χ0) is 25.9. The maximum Gasteiger partial charge on any atom is 0.325 e. The monoisotopic (exact) mass is 517 g/mol. The first kappa shape index (κ1) is 25.4. The van der Waals surface area contributed by atoms with Gasteiger partial charge in [0.25, 0.3) is 5.91 Å². The molecule has 1 aromatic carbocycles. The fraction of sp³-hybridized carbons (Fsp3) is 0.348. The molecule has 1 fully saturated rings. The van der Waals surface area contributed by atoms with E-state index in [1.807, 2.05) is 4.90 Å². The van der Waals surface area contributed by atoms with Crippen LogP contribution >= 0.6 is 11.3 Å². The lowest BCUT2D eigenvalue weighted by atomic mass is 10.0. The molecule has 10 nitrogen and oxygen atoms in total. The summed E-state index contributed by atoms with van der Waals surface area (Å²) in [7, 11) is 0. The Morgan fingerprint density at radius 3 is 2.58 bits per heavy atom. The molecule has 0 unspecified atom stereocenters. The number of rotatable bonds is 10. The van der Waals surface area contributed by atoms with Crippen LogP contribution in [0.15, 0.2) is 36.7 Å². The molecule has 0 aliphatic carbocycles. The SMILES string of the molecule is CC1(C)C(=O)NC(=O)N1CCNc1ncc(F)c(-c2cnc(N(CCCO)c3ccc(F)cc3)s2)n1. The van der Waals surface area contributed by atoms with Gasteiger partial charge in [0.1, 0.15) is 17.1 Å². The topological polar surface area (TPSA) is 124 Å². The first-order valence-corrected chi connectivity index (χ1v) is 12.0. The predicted molar refractivity (Wildman–Crippen MR) is 131 cm³/mol. The quantitative estimate of drug-likeness (QED) is 0.351. The smallest absolute Gasteiger partial charge is 0.325 e. The van der Waals surface area contributed by atoms with Crippen LogP contribution in [0.2, 0.25) is 0 Å². The standard InChI is InChI=1S/C23H25F2N7O3S/c1-23(2)19(34)30-21(35)32(23)10-8-26-20-27-12-16(25)18(29-20)17-13-28-22(36-17)31(9-3-11-33)15-6-4-14(24)5-7-15/h4-7,12-13,33H,3,8-11H2,1-2H3,(H,26,27,29)(H,30,34,35). The summed E-state index contributed by atoms with van der Waals surface area (Å²) in [6.45, 7) is 4.15. The largest absolute Gasteiger partial charge is 0.396 e. The zero-order valence-electron chi connectivity index (χ0n) is 19.7. The minimum atomic E-state index is -0.973. The van der Waals surface area contributed by atoms with E-state index >= 15 is 0 Å². The van der Waals surface area contributed by atoms with Crippen LogP contribution in [-0.4, -0.2) is 68.7 Å². The summed E-state index contributed by atoms with van der Waals surface area (Å²) in [5, 5.41) is 15.1. The van der Waals surface area contributed by atoms with Crippen molar-refractivity contribution in [3.8, 4) is 10.6 Å². The lowest BCUT2D eigenvalue weighted by Gasteiger charge is -2.27. The van der Waals surface area contributed by atoms with Gasteiger partial charge in [-0.2, -0.15) is 0 Å². The molecule has 0 atom stereocenters. The second-order valence-electron chi connectivity index (χ2n) is 8.50. The summed E-state index contributed by atoms with van der Waals surface area (Å²) >= 11 is 1.19. The average molecular weight is 518 g/mol. The molecule has 3 heterocycles. The van der Waals surface area contributed by atoms with E-state index in [0.29, 0.717) is 28.7 Å². The van der Waals surface area contributed by atoms with E-state index in [4.69, 9.17) is 0 Å². The van der Waals surface area contributed by atoms with Crippen LogP contribution in [0, 0.1) is 11.6 Å². The average Bonchev–Trinajstić information content (AvgIpc) is 3.40. The normalized spacial score (nSPS) is 14.8. The minimum Gasteiger partial charge on any atom is -0.396 e. The number of nitrogens with one attached hydrogen (secondary N) is 2. The molecule has 0 saturated carbocycles. The van der Waals surface area contributed by atoms with E-state index in [2.05, 4.69) is 25.6 Å². The fourth-order valence-electron chi connectivity index (χ4n) is 3.66. The predicted octanol–water partition coefficient (Wildman–Crippen LogP) is 3.14. The highest BCUT2D eigenvalue weighted by Crippen LogP contribution is 2.35. The van der Waals surface area contributed by atoms with Crippen molar-refractivity contribution in [2.45, 2.75) is 25.8 Å². The molecule has 1 aliphatic heterocycles. The Hall–Kier alpha value is -3.71. The fourth-order valence-corrected chi connectivity index (χ4v) is 4.62. The Morgan fingerprint density at radius 2 is 1.92 bits per heavy atom. The maximum absolute atomic E-state index is 14.6. The number of carbonyl (C=O) groups is 2. The number of halogens is 2. The maximum atomic E-state index is 14.6. The van der Waals surface area contributed by atoms with Crippen molar-refractivity contribution in [2.75, 3.05) is 36.5 Å². The lowest BCUT2D eigenvalue weighted by molar-refractivity contribution is -0.125. The van der Waals surface area contributed by atoms with Gasteiger partial charge < -0.3 is 20.2 Å². The van der Waals surface area contributed by atoms with Crippen LogP contribution in [0.1, 0.15) is 20.3 Å². The van der Waals surface area contributed by atoms with Gasteiger partial charge in [-0.25, -0.2) is 28.5 Å². The molecule has 190 valence electrons. The lowest BCUT2D eigenvalue weighted by Crippen LogP contribution is -2.46. The summed E-state index contributed by atoms with van der Waals surface area (Å²) in [6, 6.07) is 5.41. The Bertz CT molecular complexity index is 1250. The number of aromatic nitrogens is 3. The summed E-state index contributed by atoms with van der Waals surface area (Å²) in [4.78, 5) is 40.2. The summed E-state index contributed by atoms with van der Waals surface area (Å²) in [5.74, 6) is -1.22. The molecule has 4 rings (SSSR count). The number of carbonyl (C=O) groups excluding carboxylic acids is 2. The molecule has 2 aromatic heterocycles. The minimum absolute atomic E-state index is 0.0318. The number of hydrogen-bond acceptors (Lipinski definition) is 9. The molecule has 3 N–H and O–H groups in total. The van der Waals surface area contributed by atoms with E-state index in [1.165, 1.54) is 34.6 Å². The van der Waals surface area contributed by atoms with Gasteiger partial charge >= 0.3 is 6.03 Å². The molecule has 0 bridgehead atoms. The highest BCUT2D eigenvalue weighted by atomic mass is 32.1. The number of nitrogens with zero attached hydrogens (tertiary/aromatic N) is 5. The van der Waals surface area contributed by atoms with E-state index in [-0.39, 0.29) is 43.1 Å². The second kappa shape index (κ2) is 10.5. The molecule has 13 heteroatoms. The summed E-state index contributed by atoms with van der Waals surface area (Å²) < 4.78 is 28.0. The Kier molecular flexibility index (Phi) is 7.40. The van der Waals surface area contributed by atoms with Crippen molar-refractivity contribution in [2.24, 2.45) is 0 Å². The summed E-state index contributed by atoms with van der Waals surface area (Å²) in [6.07, 6.45) is 3.00.